The molecule has 0 saturated carbocycles. The molecule has 1 aliphatic rings. The molecule has 0 spiro atoms. The fourth-order valence-electron chi connectivity index (χ4n) is 5.23. The van der Waals surface area contributed by atoms with Gasteiger partial charge in [-0.3, -0.25) is 4.79 Å². The van der Waals surface area contributed by atoms with E-state index in [1.54, 1.807) is 11.0 Å². The van der Waals surface area contributed by atoms with Crippen LogP contribution in [-0.4, -0.2) is 59.1 Å². The Hall–Kier alpha value is -4.42. The zero-order valence-electron chi connectivity index (χ0n) is 25.3. The molecule has 4 rings (SSSR count). The Morgan fingerprint density at radius 1 is 1.09 bits per heavy atom. The number of methoxy groups -OCH3 is 1. The predicted molar refractivity (Wildman–Crippen MR) is 161 cm³/mol. The highest BCUT2D eigenvalue weighted by molar-refractivity contribution is 7.91. The van der Waals surface area contributed by atoms with Gasteiger partial charge in [-0.1, -0.05) is 19.1 Å². The molecule has 0 aromatic heterocycles. The SMILES string of the molecule is CCS(=O)(=O)c1ccc([C@@H](CC#N)NC(=O)c2ccc(N3C[C@H](Oc4ccc(C(F)(F)F)cc4)C[C@H]3COC(F)F)cc2OC)cc1. The third kappa shape index (κ3) is 8.89. The quantitative estimate of drug-likeness (QED) is 0.213. The van der Waals surface area contributed by atoms with E-state index >= 15 is 0 Å². The van der Waals surface area contributed by atoms with E-state index in [2.05, 4.69) is 10.1 Å². The molecule has 1 heterocycles. The van der Waals surface area contributed by atoms with E-state index in [0.29, 0.717) is 11.3 Å². The number of nitrogens with one attached hydrogen (secondary N) is 1. The van der Waals surface area contributed by atoms with Gasteiger partial charge in [-0.15, -0.1) is 0 Å². The molecule has 3 aromatic carbocycles. The van der Waals surface area contributed by atoms with Gasteiger partial charge in [-0.2, -0.15) is 27.2 Å². The average Bonchev–Trinajstić information content (AvgIpc) is 3.45. The van der Waals surface area contributed by atoms with Crippen molar-refractivity contribution in [2.45, 2.75) is 55.6 Å². The van der Waals surface area contributed by atoms with E-state index in [1.165, 1.54) is 62.6 Å². The number of halogens is 5. The van der Waals surface area contributed by atoms with Crippen molar-refractivity contribution in [3.8, 4) is 17.6 Å². The maximum Gasteiger partial charge on any atom is 0.416 e. The smallest absolute Gasteiger partial charge is 0.416 e. The first-order valence-corrected chi connectivity index (χ1v) is 16.1. The maximum atomic E-state index is 13.4. The minimum atomic E-state index is -4.51. The highest BCUT2D eigenvalue weighted by Crippen LogP contribution is 2.35. The summed E-state index contributed by atoms with van der Waals surface area (Å²) in [5, 5.41) is 12.2. The number of hydrogen-bond donors (Lipinski definition) is 1. The van der Waals surface area contributed by atoms with Gasteiger partial charge in [0, 0.05) is 18.2 Å². The molecule has 0 aliphatic carbocycles. The summed E-state index contributed by atoms with van der Waals surface area (Å²) in [5.74, 6) is -0.344. The first-order chi connectivity index (χ1) is 22.2. The molecule has 9 nitrogen and oxygen atoms in total. The summed E-state index contributed by atoms with van der Waals surface area (Å²) in [5.41, 5.74) is 0.280. The Bertz CT molecular complexity index is 1680. The van der Waals surface area contributed by atoms with Crippen molar-refractivity contribution in [1.29, 1.82) is 5.26 Å². The number of amides is 1. The molecule has 252 valence electrons. The number of benzene rings is 3. The average molecular weight is 682 g/mol. The van der Waals surface area contributed by atoms with Gasteiger partial charge < -0.3 is 24.4 Å². The zero-order valence-corrected chi connectivity index (χ0v) is 26.2. The number of anilines is 1. The lowest BCUT2D eigenvalue weighted by Gasteiger charge is -2.27. The van der Waals surface area contributed by atoms with Crippen LogP contribution >= 0.6 is 0 Å². The second kappa shape index (κ2) is 15.0. The Morgan fingerprint density at radius 2 is 1.77 bits per heavy atom. The predicted octanol–water partition coefficient (Wildman–Crippen LogP) is 6.16. The van der Waals surface area contributed by atoms with E-state index in [9.17, 15) is 40.4 Å². The van der Waals surface area contributed by atoms with Gasteiger partial charge in [0.1, 0.15) is 17.6 Å². The standard InChI is InChI=1S/C32H32F5N3O6S/c1-3-47(42,43)26-11-4-20(5-12-26)28(14-15-38)39-30(41)27-13-8-22(17-29(27)44-2)40-18-25(16-23(40)19-45-31(33)34)46-24-9-6-21(7-10-24)32(35,36)37/h4-13,17,23,25,28,31H,3,14,16,18-19H2,1-2H3,(H,39,41)/t23-,25+,28+/m0/s1. The maximum absolute atomic E-state index is 13.4. The number of carbonyl (C=O) groups excluding carboxylic acids is 1. The Labute approximate surface area is 268 Å². The lowest BCUT2D eigenvalue weighted by molar-refractivity contribution is -0.137. The number of sulfone groups is 1. The minimum Gasteiger partial charge on any atom is -0.496 e. The molecule has 0 bridgehead atoms. The number of nitriles is 1. The van der Waals surface area contributed by atoms with Gasteiger partial charge in [-0.25, -0.2) is 8.42 Å². The molecule has 0 radical (unpaired) electrons. The van der Waals surface area contributed by atoms with Gasteiger partial charge in [-0.05, 0) is 54.1 Å². The third-order valence-electron chi connectivity index (χ3n) is 7.66. The van der Waals surface area contributed by atoms with Crippen LogP contribution in [0, 0.1) is 11.3 Å². The van der Waals surface area contributed by atoms with Crippen molar-refractivity contribution >= 4 is 21.4 Å². The summed E-state index contributed by atoms with van der Waals surface area (Å²) in [7, 11) is -2.10. The Kier molecular flexibility index (Phi) is 11.3. The molecular formula is C32H32F5N3O6S. The Balaban J connectivity index is 1.53. The van der Waals surface area contributed by atoms with Crippen LogP contribution in [0.3, 0.4) is 0 Å². The van der Waals surface area contributed by atoms with Crippen molar-refractivity contribution in [3.05, 3.63) is 83.4 Å². The number of hydrogen-bond acceptors (Lipinski definition) is 8. The lowest BCUT2D eigenvalue weighted by atomic mass is 10.0. The molecule has 1 N–H and O–H groups in total. The van der Waals surface area contributed by atoms with Gasteiger partial charge in [0.05, 0.1) is 66.6 Å². The fourth-order valence-corrected chi connectivity index (χ4v) is 6.12. The summed E-state index contributed by atoms with van der Waals surface area (Å²) in [6.45, 7) is -1.71. The van der Waals surface area contributed by atoms with Gasteiger partial charge in [0.25, 0.3) is 5.91 Å². The molecule has 47 heavy (non-hydrogen) atoms. The zero-order chi connectivity index (χ0) is 34.4. The van der Waals surface area contributed by atoms with Crippen LogP contribution in [0.15, 0.2) is 71.6 Å². The lowest BCUT2D eigenvalue weighted by Crippen LogP contribution is -2.34. The highest BCUT2D eigenvalue weighted by Gasteiger charge is 2.36. The molecule has 1 aliphatic heterocycles. The van der Waals surface area contributed by atoms with Crippen LogP contribution in [0.1, 0.15) is 47.3 Å². The van der Waals surface area contributed by atoms with Crippen molar-refractivity contribution in [3.63, 3.8) is 0 Å². The fraction of sp³-hybridized carbons (Fsp3) is 0.375. The second-order valence-electron chi connectivity index (χ2n) is 10.6. The molecule has 15 heteroatoms. The molecule has 1 saturated heterocycles. The van der Waals surface area contributed by atoms with Gasteiger partial charge >= 0.3 is 12.8 Å². The number of ether oxygens (including phenoxy) is 3. The topological polar surface area (TPSA) is 118 Å². The van der Waals surface area contributed by atoms with Crippen molar-refractivity contribution in [2.24, 2.45) is 0 Å². The van der Waals surface area contributed by atoms with Crippen LogP contribution in [0.4, 0.5) is 27.6 Å². The molecule has 3 aromatic rings. The summed E-state index contributed by atoms with van der Waals surface area (Å²) >= 11 is 0. The first-order valence-electron chi connectivity index (χ1n) is 14.4. The summed E-state index contributed by atoms with van der Waals surface area (Å²) in [4.78, 5) is 15.2. The summed E-state index contributed by atoms with van der Waals surface area (Å²) in [6, 6.07) is 15.3. The molecule has 0 unspecified atom stereocenters. The van der Waals surface area contributed by atoms with E-state index < -0.39 is 52.3 Å². The molecule has 1 fully saturated rings. The van der Waals surface area contributed by atoms with Crippen LogP contribution in [-0.2, 0) is 20.8 Å². The van der Waals surface area contributed by atoms with E-state index in [-0.39, 0.29) is 53.7 Å². The Morgan fingerprint density at radius 3 is 2.34 bits per heavy atom. The first kappa shape index (κ1) is 35.4. The number of alkyl halides is 5. The minimum absolute atomic E-state index is 0.0786. The van der Waals surface area contributed by atoms with E-state index in [4.69, 9.17) is 9.47 Å². The van der Waals surface area contributed by atoms with Crippen LogP contribution < -0.4 is 19.7 Å². The molecular weight excluding hydrogens is 649 g/mol. The number of carbonyl (C=O) groups is 1. The van der Waals surface area contributed by atoms with Crippen molar-refractivity contribution in [1.82, 2.24) is 5.32 Å². The summed E-state index contributed by atoms with van der Waals surface area (Å²) < 4.78 is 105. The van der Waals surface area contributed by atoms with E-state index in [0.717, 1.165) is 12.1 Å². The molecule has 3 atom stereocenters. The monoisotopic (exact) mass is 681 g/mol. The van der Waals surface area contributed by atoms with Crippen molar-refractivity contribution < 1.29 is 49.4 Å². The normalized spacial score (nSPS) is 17.3. The van der Waals surface area contributed by atoms with E-state index in [1.807, 2.05) is 6.07 Å². The van der Waals surface area contributed by atoms with Crippen LogP contribution in [0.25, 0.3) is 0 Å². The van der Waals surface area contributed by atoms with Crippen molar-refractivity contribution in [2.75, 3.05) is 30.9 Å². The molecule has 1 amide bonds. The second-order valence-corrected chi connectivity index (χ2v) is 12.9. The largest absolute Gasteiger partial charge is 0.496 e. The number of rotatable bonds is 13. The summed E-state index contributed by atoms with van der Waals surface area (Å²) in [6.07, 6.45) is -4.99. The van der Waals surface area contributed by atoms with Crippen LogP contribution in [0.5, 0.6) is 11.5 Å². The van der Waals surface area contributed by atoms with Crippen LogP contribution in [0.2, 0.25) is 0 Å². The number of nitrogens with zero attached hydrogens (tertiary/aromatic N) is 2. The van der Waals surface area contributed by atoms with Gasteiger partial charge in [0.15, 0.2) is 9.84 Å². The highest BCUT2D eigenvalue weighted by atomic mass is 32.2. The third-order valence-corrected chi connectivity index (χ3v) is 9.41. The van der Waals surface area contributed by atoms with Gasteiger partial charge in [0.2, 0.25) is 0 Å².